The van der Waals surface area contributed by atoms with E-state index in [1.165, 1.54) is 0 Å². The van der Waals surface area contributed by atoms with E-state index in [1.54, 1.807) is 37.6 Å². The van der Waals surface area contributed by atoms with Crippen LogP contribution < -0.4 is 14.8 Å². The minimum absolute atomic E-state index is 0.141. The van der Waals surface area contributed by atoms with Crippen LogP contribution in [0.5, 0.6) is 11.5 Å². The first-order valence-corrected chi connectivity index (χ1v) is 9.54. The minimum atomic E-state index is -0.282. The van der Waals surface area contributed by atoms with Gasteiger partial charge in [-0.25, -0.2) is 0 Å². The number of hydrogen-bond acceptors (Lipinski definition) is 7. The fourth-order valence-electron chi connectivity index (χ4n) is 2.80. The first-order valence-electron chi connectivity index (χ1n) is 9.54. The van der Waals surface area contributed by atoms with Crippen LogP contribution in [0, 0.1) is 6.92 Å². The van der Waals surface area contributed by atoms with Gasteiger partial charge in [0.05, 0.1) is 19.0 Å². The molecule has 0 unspecified atom stereocenters. The largest absolute Gasteiger partial charge is 0.497 e. The van der Waals surface area contributed by atoms with E-state index in [2.05, 4.69) is 20.4 Å². The fraction of sp³-hybridized carbons (Fsp3) is 0.130. The number of hydrogen-bond donors (Lipinski definition) is 1. The molecule has 2 aromatic carbocycles. The summed E-state index contributed by atoms with van der Waals surface area (Å²) in [6.07, 6.45) is 1.60. The van der Waals surface area contributed by atoms with Gasteiger partial charge in [-0.2, -0.15) is 4.98 Å². The summed E-state index contributed by atoms with van der Waals surface area (Å²) in [6, 6.07) is 18.1. The highest BCUT2D eigenvalue weighted by Gasteiger charge is 2.12. The molecule has 0 radical (unpaired) electrons. The average molecular weight is 416 g/mol. The standard InChI is InChI=1S/C23H20N4O4/c1-15-6-9-18(13-24-15)25-21(28)14-30-20-5-3-4-17(12-20)23-26-22(27-31-23)16-7-10-19(29-2)11-8-16/h3-13H,14H2,1-2H3,(H,25,28). The number of carbonyl (C=O) groups is 1. The smallest absolute Gasteiger partial charge is 0.262 e. The van der Waals surface area contributed by atoms with E-state index in [4.69, 9.17) is 14.0 Å². The van der Waals surface area contributed by atoms with Crippen molar-refractivity contribution < 1.29 is 18.8 Å². The van der Waals surface area contributed by atoms with Crippen molar-refractivity contribution in [3.8, 4) is 34.3 Å². The summed E-state index contributed by atoms with van der Waals surface area (Å²) < 4.78 is 16.2. The highest BCUT2D eigenvalue weighted by molar-refractivity contribution is 5.91. The van der Waals surface area contributed by atoms with Crippen molar-refractivity contribution in [3.05, 3.63) is 72.6 Å². The minimum Gasteiger partial charge on any atom is -0.497 e. The van der Waals surface area contributed by atoms with Gasteiger partial charge < -0.3 is 19.3 Å². The number of rotatable bonds is 7. The van der Waals surface area contributed by atoms with Crippen molar-refractivity contribution in [2.24, 2.45) is 0 Å². The molecule has 0 spiro atoms. The Labute approximate surface area is 178 Å². The third-order valence-electron chi connectivity index (χ3n) is 4.42. The van der Waals surface area contributed by atoms with Gasteiger partial charge in [0.25, 0.3) is 11.8 Å². The van der Waals surface area contributed by atoms with Gasteiger partial charge in [0, 0.05) is 16.8 Å². The monoisotopic (exact) mass is 416 g/mol. The molecule has 0 saturated carbocycles. The predicted octanol–water partition coefficient (Wildman–Crippen LogP) is 4.13. The Morgan fingerprint density at radius 2 is 1.87 bits per heavy atom. The van der Waals surface area contributed by atoms with Crippen molar-refractivity contribution >= 4 is 11.6 Å². The number of carbonyl (C=O) groups excluding carboxylic acids is 1. The number of amides is 1. The van der Waals surface area contributed by atoms with Crippen LogP contribution in [-0.2, 0) is 4.79 Å². The fourth-order valence-corrected chi connectivity index (χ4v) is 2.80. The van der Waals surface area contributed by atoms with Gasteiger partial charge in [-0.3, -0.25) is 9.78 Å². The lowest BCUT2D eigenvalue weighted by Gasteiger charge is -2.08. The zero-order chi connectivity index (χ0) is 21.6. The van der Waals surface area contributed by atoms with E-state index in [-0.39, 0.29) is 12.5 Å². The van der Waals surface area contributed by atoms with Crippen LogP contribution in [0.3, 0.4) is 0 Å². The van der Waals surface area contributed by atoms with Crippen LogP contribution in [0.1, 0.15) is 5.69 Å². The van der Waals surface area contributed by atoms with Crippen LogP contribution >= 0.6 is 0 Å². The van der Waals surface area contributed by atoms with Gasteiger partial charge in [0.1, 0.15) is 11.5 Å². The van der Waals surface area contributed by atoms with Gasteiger partial charge >= 0.3 is 0 Å². The molecule has 1 N–H and O–H groups in total. The number of aromatic nitrogens is 3. The molecule has 156 valence electrons. The van der Waals surface area contributed by atoms with Crippen molar-refractivity contribution in [1.82, 2.24) is 15.1 Å². The molecule has 8 heteroatoms. The zero-order valence-corrected chi connectivity index (χ0v) is 17.0. The molecule has 0 aliphatic rings. The Morgan fingerprint density at radius 1 is 1.03 bits per heavy atom. The van der Waals surface area contributed by atoms with Crippen LogP contribution in [0.2, 0.25) is 0 Å². The number of benzene rings is 2. The van der Waals surface area contributed by atoms with Crippen molar-refractivity contribution in [3.63, 3.8) is 0 Å². The van der Waals surface area contributed by atoms with E-state index in [0.29, 0.717) is 28.7 Å². The Kier molecular flexibility index (Phi) is 5.89. The van der Waals surface area contributed by atoms with E-state index in [0.717, 1.165) is 17.0 Å². The lowest BCUT2D eigenvalue weighted by molar-refractivity contribution is -0.118. The number of aryl methyl sites for hydroxylation is 1. The molecule has 0 aliphatic heterocycles. The summed E-state index contributed by atoms with van der Waals surface area (Å²) in [4.78, 5) is 20.7. The summed E-state index contributed by atoms with van der Waals surface area (Å²) in [7, 11) is 1.61. The number of pyridine rings is 1. The molecule has 1 amide bonds. The zero-order valence-electron chi connectivity index (χ0n) is 17.0. The number of nitrogens with one attached hydrogen (secondary N) is 1. The van der Waals surface area contributed by atoms with Gasteiger partial charge in [-0.05, 0) is 61.5 Å². The van der Waals surface area contributed by atoms with Crippen LogP contribution in [0.15, 0.2) is 71.4 Å². The molecule has 4 rings (SSSR count). The van der Waals surface area contributed by atoms with E-state index >= 15 is 0 Å². The molecule has 2 aromatic heterocycles. The molecular formula is C23H20N4O4. The third-order valence-corrected chi connectivity index (χ3v) is 4.42. The summed E-state index contributed by atoms with van der Waals surface area (Å²) in [5, 5.41) is 6.78. The Bertz CT molecular complexity index is 1170. The summed E-state index contributed by atoms with van der Waals surface area (Å²) in [5.74, 6) is 1.80. The highest BCUT2D eigenvalue weighted by Crippen LogP contribution is 2.26. The van der Waals surface area contributed by atoms with E-state index in [1.807, 2.05) is 43.3 Å². The predicted molar refractivity (Wildman–Crippen MR) is 115 cm³/mol. The molecular weight excluding hydrogens is 396 g/mol. The molecule has 4 aromatic rings. The van der Waals surface area contributed by atoms with Crippen LogP contribution in [0.4, 0.5) is 5.69 Å². The second kappa shape index (κ2) is 9.08. The van der Waals surface area contributed by atoms with E-state index in [9.17, 15) is 4.79 Å². The first kappa shape index (κ1) is 20.1. The maximum atomic E-state index is 12.1. The second-order valence-corrected chi connectivity index (χ2v) is 6.70. The van der Waals surface area contributed by atoms with Crippen LogP contribution in [-0.4, -0.2) is 34.7 Å². The lowest BCUT2D eigenvalue weighted by atomic mass is 10.2. The third kappa shape index (κ3) is 5.05. The summed E-state index contributed by atoms with van der Waals surface area (Å²) in [5.41, 5.74) is 2.99. The summed E-state index contributed by atoms with van der Waals surface area (Å²) in [6.45, 7) is 1.74. The van der Waals surface area contributed by atoms with E-state index < -0.39 is 0 Å². The maximum absolute atomic E-state index is 12.1. The topological polar surface area (TPSA) is 99.4 Å². The number of methoxy groups -OCH3 is 1. The molecule has 8 nitrogen and oxygen atoms in total. The average Bonchev–Trinajstić information content (AvgIpc) is 3.30. The Hall–Kier alpha value is -4.20. The Morgan fingerprint density at radius 3 is 2.61 bits per heavy atom. The molecule has 0 aliphatic carbocycles. The van der Waals surface area contributed by atoms with Gasteiger partial charge in [0.15, 0.2) is 6.61 Å². The second-order valence-electron chi connectivity index (χ2n) is 6.70. The van der Waals surface area contributed by atoms with Crippen LogP contribution in [0.25, 0.3) is 22.8 Å². The molecule has 2 heterocycles. The molecule has 0 bridgehead atoms. The SMILES string of the molecule is COc1ccc(-c2noc(-c3cccc(OCC(=O)Nc4ccc(C)nc4)c3)n2)cc1. The van der Waals surface area contributed by atoms with Crippen molar-refractivity contribution in [2.45, 2.75) is 6.92 Å². The Balaban J connectivity index is 1.40. The van der Waals surface area contributed by atoms with Crippen molar-refractivity contribution in [1.29, 1.82) is 0 Å². The maximum Gasteiger partial charge on any atom is 0.262 e. The molecule has 0 atom stereocenters. The number of nitrogens with zero attached hydrogens (tertiary/aromatic N) is 3. The quantitative estimate of drug-likeness (QED) is 0.483. The number of ether oxygens (including phenoxy) is 2. The molecule has 0 saturated heterocycles. The molecule has 31 heavy (non-hydrogen) atoms. The van der Waals surface area contributed by atoms with Crippen molar-refractivity contribution in [2.75, 3.05) is 19.0 Å². The van der Waals surface area contributed by atoms with Gasteiger partial charge in [-0.15, -0.1) is 0 Å². The number of anilines is 1. The van der Waals surface area contributed by atoms with Gasteiger partial charge in [-0.1, -0.05) is 11.2 Å². The normalized spacial score (nSPS) is 10.5. The first-order chi connectivity index (χ1) is 15.1. The van der Waals surface area contributed by atoms with Gasteiger partial charge in [0.2, 0.25) is 5.82 Å². The lowest BCUT2D eigenvalue weighted by Crippen LogP contribution is -2.20. The summed E-state index contributed by atoms with van der Waals surface area (Å²) >= 11 is 0. The highest BCUT2D eigenvalue weighted by atomic mass is 16.5. The molecule has 0 fully saturated rings.